The van der Waals surface area contributed by atoms with Gasteiger partial charge in [-0.1, -0.05) is 18.2 Å². The van der Waals surface area contributed by atoms with Crippen molar-refractivity contribution in [2.75, 3.05) is 12.1 Å². The number of anilines is 1. The number of fused-ring (bicyclic) bond motifs is 2. The van der Waals surface area contributed by atoms with E-state index in [2.05, 4.69) is 17.4 Å². The molecule has 1 aliphatic carbocycles. The maximum absolute atomic E-state index is 12.3. The van der Waals surface area contributed by atoms with Crippen LogP contribution in [0.4, 0.5) is 5.69 Å². The van der Waals surface area contributed by atoms with Gasteiger partial charge in [0.1, 0.15) is 0 Å². The molecule has 27 heavy (non-hydrogen) atoms. The Labute approximate surface area is 157 Å². The van der Waals surface area contributed by atoms with Crippen molar-refractivity contribution in [2.24, 2.45) is 0 Å². The molecule has 4 rings (SSSR count). The topological polar surface area (TPSA) is 73.9 Å². The third-order valence-electron chi connectivity index (χ3n) is 4.83. The molecule has 0 saturated heterocycles. The van der Waals surface area contributed by atoms with E-state index in [9.17, 15) is 9.59 Å². The lowest BCUT2D eigenvalue weighted by molar-refractivity contribution is -0.152. The standard InChI is InChI=1S/C21H21NO5/c1-13(21(24)22-17-7-8-18-19(11-17)26-12-25-18)27-20(23)10-14-5-6-15-3-2-4-16(15)9-14/h5-9,11,13H,2-4,10,12H2,1H3,(H,22,24)/t13-/m1/s1. The molecule has 1 amide bonds. The first-order valence-electron chi connectivity index (χ1n) is 9.09. The van der Waals surface area contributed by atoms with Gasteiger partial charge in [-0.15, -0.1) is 0 Å². The predicted molar refractivity (Wildman–Crippen MR) is 98.9 cm³/mol. The Hall–Kier alpha value is -3.02. The molecule has 1 N–H and O–H groups in total. The van der Waals surface area contributed by atoms with Crippen molar-refractivity contribution in [1.29, 1.82) is 0 Å². The summed E-state index contributed by atoms with van der Waals surface area (Å²) in [7, 11) is 0. The number of hydrogen-bond donors (Lipinski definition) is 1. The predicted octanol–water partition coefficient (Wildman–Crippen LogP) is 3.02. The molecule has 1 heterocycles. The molecule has 2 aliphatic rings. The van der Waals surface area contributed by atoms with Gasteiger partial charge >= 0.3 is 5.97 Å². The van der Waals surface area contributed by atoms with Crippen LogP contribution in [0.1, 0.15) is 30.0 Å². The average molecular weight is 367 g/mol. The Balaban J connectivity index is 1.32. The molecule has 0 spiro atoms. The Morgan fingerprint density at radius 1 is 1.07 bits per heavy atom. The third kappa shape index (κ3) is 3.89. The number of rotatable bonds is 5. The van der Waals surface area contributed by atoms with Crippen molar-refractivity contribution in [3.8, 4) is 11.5 Å². The highest BCUT2D eigenvalue weighted by Crippen LogP contribution is 2.34. The lowest BCUT2D eigenvalue weighted by Crippen LogP contribution is -2.30. The summed E-state index contributed by atoms with van der Waals surface area (Å²) in [5, 5.41) is 2.72. The molecule has 0 aromatic heterocycles. The summed E-state index contributed by atoms with van der Waals surface area (Å²) in [6, 6.07) is 11.2. The van der Waals surface area contributed by atoms with Gasteiger partial charge in [-0.05, 0) is 55.0 Å². The Bertz CT molecular complexity index is 892. The van der Waals surface area contributed by atoms with Gasteiger partial charge in [-0.3, -0.25) is 9.59 Å². The van der Waals surface area contributed by atoms with Gasteiger partial charge in [0.15, 0.2) is 17.6 Å². The van der Waals surface area contributed by atoms with E-state index >= 15 is 0 Å². The normalized spacial score (nSPS) is 15.1. The fraction of sp³-hybridized carbons (Fsp3) is 0.333. The quantitative estimate of drug-likeness (QED) is 0.823. The summed E-state index contributed by atoms with van der Waals surface area (Å²) >= 11 is 0. The molecule has 0 radical (unpaired) electrons. The molecule has 140 valence electrons. The van der Waals surface area contributed by atoms with E-state index in [0.29, 0.717) is 17.2 Å². The molecule has 0 bridgehead atoms. The monoisotopic (exact) mass is 367 g/mol. The largest absolute Gasteiger partial charge is 0.454 e. The van der Waals surface area contributed by atoms with Crippen LogP contribution in [0.15, 0.2) is 36.4 Å². The summed E-state index contributed by atoms with van der Waals surface area (Å²) in [6.45, 7) is 1.73. The number of hydrogen-bond acceptors (Lipinski definition) is 5. The van der Waals surface area contributed by atoms with Crippen LogP contribution in [-0.4, -0.2) is 24.8 Å². The molecule has 0 saturated carbocycles. The maximum Gasteiger partial charge on any atom is 0.311 e. The van der Waals surface area contributed by atoms with Crippen LogP contribution >= 0.6 is 0 Å². The first-order chi connectivity index (χ1) is 13.1. The van der Waals surface area contributed by atoms with Crippen molar-refractivity contribution in [1.82, 2.24) is 0 Å². The Kier molecular flexibility index (Phi) is 4.71. The summed E-state index contributed by atoms with van der Waals surface area (Å²) in [5.74, 6) is 0.410. The van der Waals surface area contributed by atoms with Gasteiger partial charge in [-0.25, -0.2) is 0 Å². The molecule has 0 unspecified atom stereocenters. The first-order valence-corrected chi connectivity index (χ1v) is 9.09. The molecule has 0 fully saturated rings. The van der Waals surface area contributed by atoms with E-state index in [-0.39, 0.29) is 13.2 Å². The fourth-order valence-corrected chi connectivity index (χ4v) is 3.41. The number of benzene rings is 2. The van der Waals surface area contributed by atoms with Crippen LogP contribution < -0.4 is 14.8 Å². The molecular weight excluding hydrogens is 346 g/mol. The minimum absolute atomic E-state index is 0.162. The van der Waals surface area contributed by atoms with Crippen LogP contribution in [-0.2, 0) is 33.6 Å². The van der Waals surface area contributed by atoms with Gasteiger partial charge in [0.2, 0.25) is 6.79 Å². The molecule has 1 aliphatic heterocycles. The molecular formula is C21H21NO5. The summed E-state index contributed by atoms with van der Waals surface area (Å²) in [5.41, 5.74) is 4.16. The van der Waals surface area contributed by atoms with Crippen molar-refractivity contribution in [3.05, 3.63) is 53.1 Å². The summed E-state index contributed by atoms with van der Waals surface area (Å²) in [4.78, 5) is 24.5. The van der Waals surface area contributed by atoms with Crippen molar-refractivity contribution >= 4 is 17.6 Å². The Morgan fingerprint density at radius 2 is 1.89 bits per heavy atom. The highest BCUT2D eigenvalue weighted by Gasteiger charge is 2.20. The summed E-state index contributed by atoms with van der Waals surface area (Å²) in [6.07, 6.45) is 2.61. The number of aryl methyl sites for hydroxylation is 2. The second-order valence-corrected chi connectivity index (χ2v) is 6.82. The van der Waals surface area contributed by atoms with E-state index < -0.39 is 18.0 Å². The Morgan fingerprint density at radius 3 is 2.78 bits per heavy atom. The minimum Gasteiger partial charge on any atom is -0.454 e. The minimum atomic E-state index is -0.891. The molecule has 2 aromatic rings. The lowest BCUT2D eigenvalue weighted by Gasteiger charge is -2.14. The maximum atomic E-state index is 12.3. The molecule has 6 nitrogen and oxygen atoms in total. The van der Waals surface area contributed by atoms with Crippen LogP contribution in [0.25, 0.3) is 0 Å². The average Bonchev–Trinajstić information content (AvgIpc) is 3.29. The SMILES string of the molecule is C[C@@H](OC(=O)Cc1ccc2c(c1)CCC2)C(=O)Nc1ccc2c(c1)OCO2. The van der Waals surface area contributed by atoms with Crippen molar-refractivity contribution < 1.29 is 23.8 Å². The zero-order chi connectivity index (χ0) is 18.8. The molecule has 1 atom stereocenters. The van der Waals surface area contributed by atoms with E-state index in [4.69, 9.17) is 14.2 Å². The van der Waals surface area contributed by atoms with Gasteiger partial charge < -0.3 is 19.5 Å². The van der Waals surface area contributed by atoms with Gasteiger partial charge in [-0.2, -0.15) is 0 Å². The van der Waals surface area contributed by atoms with Crippen LogP contribution in [0, 0.1) is 0 Å². The van der Waals surface area contributed by atoms with E-state index in [1.54, 1.807) is 25.1 Å². The van der Waals surface area contributed by atoms with Crippen molar-refractivity contribution in [3.63, 3.8) is 0 Å². The molecule has 6 heteroatoms. The summed E-state index contributed by atoms with van der Waals surface area (Å²) < 4.78 is 15.8. The number of ether oxygens (including phenoxy) is 3. The van der Waals surface area contributed by atoms with Gasteiger partial charge in [0.05, 0.1) is 6.42 Å². The zero-order valence-corrected chi connectivity index (χ0v) is 15.1. The zero-order valence-electron chi connectivity index (χ0n) is 15.1. The van der Waals surface area contributed by atoms with E-state index in [1.165, 1.54) is 17.5 Å². The second kappa shape index (κ2) is 7.31. The number of esters is 1. The van der Waals surface area contributed by atoms with Crippen LogP contribution in [0.3, 0.4) is 0 Å². The second-order valence-electron chi connectivity index (χ2n) is 6.82. The lowest BCUT2D eigenvalue weighted by atomic mass is 10.0. The van der Waals surface area contributed by atoms with Gasteiger partial charge in [0, 0.05) is 11.8 Å². The number of carbonyl (C=O) groups excluding carboxylic acids is 2. The molecule has 2 aromatic carbocycles. The highest BCUT2D eigenvalue weighted by molar-refractivity contribution is 5.95. The van der Waals surface area contributed by atoms with Crippen molar-refractivity contribution in [2.45, 2.75) is 38.7 Å². The number of nitrogens with one attached hydrogen (secondary N) is 1. The van der Waals surface area contributed by atoms with Crippen LogP contribution in [0.2, 0.25) is 0 Å². The van der Waals surface area contributed by atoms with E-state index in [1.807, 2.05) is 6.07 Å². The smallest absolute Gasteiger partial charge is 0.311 e. The first kappa shape index (κ1) is 17.4. The third-order valence-corrected chi connectivity index (χ3v) is 4.83. The van der Waals surface area contributed by atoms with E-state index in [0.717, 1.165) is 18.4 Å². The van der Waals surface area contributed by atoms with Gasteiger partial charge in [0.25, 0.3) is 5.91 Å². The van der Waals surface area contributed by atoms with Crippen LogP contribution in [0.5, 0.6) is 11.5 Å². The number of amides is 1. The fourth-order valence-electron chi connectivity index (χ4n) is 3.41. The number of carbonyl (C=O) groups is 2. The highest BCUT2D eigenvalue weighted by atomic mass is 16.7.